The number of hydrogen-bond acceptors (Lipinski definition) is 5. The fraction of sp³-hybridized carbons (Fsp3) is 0.167. The van der Waals surface area contributed by atoms with Crippen molar-refractivity contribution in [2.24, 2.45) is 0 Å². The summed E-state index contributed by atoms with van der Waals surface area (Å²) in [7, 11) is 0. The van der Waals surface area contributed by atoms with E-state index in [1.54, 1.807) is 31.2 Å². The van der Waals surface area contributed by atoms with Gasteiger partial charge in [0.2, 0.25) is 0 Å². The summed E-state index contributed by atoms with van der Waals surface area (Å²) in [5.41, 5.74) is 1.36. The first-order valence-electron chi connectivity index (χ1n) is 7.88. The molecule has 0 spiro atoms. The minimum absolute atomic E-state index is 0.221. The molecule has 3 aromatic rings. The van der Waals surface area contributed by atoms with Crippen LogP contribution in [0.5, 0.6) is 0 Å². The molecule has 134 valence electrons. The topological polar surface area (TPSA) is 84.2 Å². The Morgan fingerprint density at radius 3 is 2.46 bits per heavy atom. The number of hydrogen-bond donors (Lipinski definition) is 2. The van der Waals surface area contributed by atoms with Crippen molar-refractivity contribution in [1.29, 1.82) is 0 Å². The predicted molar refractivity (Wildman–Crippen MR) is 95.6 cm³/mol. The molecule has 2 heterocycles. The van der Waals surface area contributed by atoms with Crippen LogP contribution in [-0.4, -0.2) is 29.9 Å². The highest BCUT2D eigenvalue weighted by Crippen LogP contribution is 2.27. The normalized spacial score (nSPS) is 10.5. The van der Waals surface area contributed by atoms with Gasteiger partial charge in [0.1, 0.15) is 15.7 Å². The lowest BCUT2D eigenvalue weighted by molar-refractivity contribution is 0.0911. The summed E-state index contributed by atoms with van der Waals surface area (Å²) >= 11 is 1.24. The molecule has 0 aliphatic carbocycles. The Bertz CT molecular complexity index is 904. The SMILES string of the molecule is Cc1nc(-c2ccc(F)cc2)sc1C(=O)NCCNC(=O)c1ccco1. The van der Waals surface area contributed by atoms with Crippen LogP contribution in [0.25, 0.3) is 10.6 Å². The predicted octanol–water partition coefficient (Wildman–Crippen LogP) is 3.01. The highest BCUT2D eigenvalue weighted by molar-refractivity contribution is 7.17. The van der Waals surface area contributed by atoms with Crippen LogP contribution < -0.4 is 10.6 Å². The van der Waals surface area contributed by atoms with Crippen molar-refractivity contribution in [1.82, 2.24) is 15.6 Å². The minimum atomic E-state index is -0.336. The first-order valence-corrected chi connectivity index (χ1v) is 8.69. The lowest BCUT2D eigenvalue weighted by Crippen LogP contribution is -2.34. The highest BCUT2D eigenvalue weighted by atomic mass is 32.1. The van der Waals surface area contributed by atoms with E-state index in [0.29, 0.717) is 15.6 Å². The van der Waals surface area contributed by atoms with Gasteiger partial charge in [-0.25, -0.2) is 9.37 Å². The van der Waals surface area contributed by atoms with Crippen molar-refractivity contribution in [3.63, 3.8) is 0 Å². The summed E-state index contributed by atoms with van der Waals surface area (Å²) in [6.07, 6.45) is 1.42. The number of rotatable bonds is 6. The zero-order valence-corrected chi connectivity index (χ0v) is 14.7. The Balaban J connectivity index is 1.55. The van der Waals surface area contributed by atoms with E-state index in [2.05, 4.69) is 15.6 Å². The highest BCUT2D eigenvalue weighted by Gasteiger charge is 2.16. The molecule has 6 nitrogen and oxygen atoms in total. The van der Waals surface area contributed by atoms with Gasteiger partial charge in [0.05, 0.1) is 12.0 Å². The molecule has 2 amide bonds. The second kappa shape index (κ2) is 7.92. The maximum Gasteiger partial charge on any atom is 0.287 e. The van der Waals surface area contributed by atoms with E-state index in [1.165, 1.54) is 29.7 Å². The number of amides is 2. The van der Waals surface area contributed by atoms with Crippen LogP contribution in [0, 0.1) is 12.7 Å². The summed E-state index contributed by atoms with van der Waals surface area (Å²) in [4.78, 5) is 28.9. The average molecular weight is 373 g/mol. The number of halogens is 1. The first-order chi connectivity index (χ1) is 12.5. The van der Waals surface area contributed by atoms with E-state index in [-0.39, 0.29) is 36.5 Å². The van der Waals surface area contributed by atoms with Crippen molar-refractivity contribution in [2.45, 2.75) is 6.92 Å². The molecule has 0 bridgehead atoms. The molecular formula is C18H16FN3O3S. The lowest BCUT2D eigenvalue weighted by atomic mass is 10.2. The van der Waals surface area contributed by atoms with Gasteiger partial charge in [0, 0.05) is 18.7 Å². The van der Waals surface area contributed by atoms with Crippen LogP contribution in [0.2, 0.25) is 0 Å². The van der Waals surface area contributed by atoms with E-state index < -0.39 is 0 Å². The van der Waals surface area contributed by atoms with Crippen molar-refractivity contribution in [3.8, 4) is 10.6 Å². The summed E-state index contributed by atoms with van der Waals surface area (Å²) in [5, 5.41) is 6.04. The summed E-state index contributed by atoms with van der Waals surface area (Å²) in [5.74, 6) is -0.701. The first kappa shape index (κ1) is 17.8. The minimum Gasteiger partial charge on any atom is -0.459 e. The number of carbonyl (C=O) groups is 2. The Hall–Kier alpha value is -3.00. The molecule has 0 saturated carbocycles. The Kier molecular flexibility index (Phi) is 5.43. The standard InChI is InChI=1S/C18H16FN3O3S/c1-11-15(26-18(22-11)12-4-6-13(19)7-5-12)17(24)21-9-8-20-16(23)14-3-2-10-25-14/h2-7,10H,8-9H2,1H3,(H,20,23)(H,21,24). The number of furan rings is 1. The number of thiazole rings is 1. The molecule has 0 aliphatic rings. The maximum absolute atomic E-state index is 13.0. The van der Waals surface area contributed by atoms with Gasteiger partial charge in [0.15, 0.2) is 5.76 Å². The van der Waals surface area contributed by atoms with Gasteiger partial charge in [-0.15, -0.1) is 11.3 Å². The van der Waals surface area contributed by atoms with Gasteiger partial charge in [-0.3, -0.25) is 9.59 Å². The molecule has 0 fully saturated rings. The molecule has 0 unspecified atom stereocenters. The molecule has 3 rings (SSSR count). The Morgan fingerprint density at radius 2 is 1.81 bits per heavy atom. The number of nitrogens with one attached hydrogen (secondary N) is 2. The monoisotopic (exact) mass is 373 g/mol. The molecule has 2 aromatic heterocycles. The third-order valence-electron chi connectivity index (χ3n) is 3.54. The smallest absolute Gasteiger partial charge is 0.287 e. The number of nitrogens with zero attached hydrogens (tertiary/aromatic N) is 1. The van der Waals surface area contributed by atoms with Gasteiger partial charge in [-0.1, -0.05) is 0 Å². The van der Waals surface area contributed by atoms with Crippen LogP contribution in [0.15, 0.2) is 47.1 Å². The molecule has 0 aliphatic heterocycles. The van der Waals surface area contributed by atoms with Crippen LogP contribution >= 0.6 is 11.3 Å². The zero-order chi connectivity index (χ0) is 18.5. The molecule has 26 heavy (non-hydrogen) atoms. The van der Waals surface area contributed by atoms with Gasteiger partial charge in [-0.05, 0) is 43.3 Å². The van der Waals surface area contributed by atoms with Gasteiger partial charge in [-0.2, -0.15) is 0 Å². The fourth-order valence-electron chi connectivity index (χ4n) is 2.25. The fourth-order valence-corrected chi connectivity index (χ4v) is 3.24. The Labute approximate surface area is 153 Å². The molecule has 8 heteroatoms. The number of aromatic nitrogens is 1. The van der Waals surface area contributed by atoms with Crippen LogP contribution in [-0.2, 0) is 0 Å². The summed E-state index contributed by atoms with van der Waals surface area (Å²) in [6, 6.07) is 9.15. The van der Waals surface area contributed by atoms with Gasteiger partial charge >= 0.3 is 0 Å². The molecule has 0 atom stereocenters. The molecule has 1 aromatic carbocycles. The molecule has 2 N–H and O–H groups in total. The van der Waals surface area contributed by atoms with Crippen LogP contribution in [0.4, 0.5) is 4.39 Å². The lowest BCUT2D eigenvalue weighted by Gasteiger charge is -2.05. The maximum atomic E-state index is 13.0. The second-order valence-corrected chi connectivity index (χ2v) is 6.43. The quantitative estimate of drug-likeness (QED) is 0.651. The summed E-state index contributed by atoms with van der Waals surface area (Å²) < 4.78 is 18.0. The number of aryl methyl sites for hydroxylation is 1. The van der Waals surface area contributed by atoms with E-state index in [4.69, 9.17) is 4.42 Å². The van der Waals surface area contributed by atoms with Crippen LogP contribution in [0.3, 0.4) is 0 Å². The van der Waals surface area contributed by atoms with Crippen LogP contribution in [0.1, 0.15) is 25.9 Å². The van der Waals surface area contributed by atoms with Crippen molar-refractivity contribution in [3.05, 3.63) is 64.8 Å². The number of benzene rings is 1. The van der Waals surface area contributed by atoms with E-state index in [1.807, 2.05) is 0 Å². The van der Waals surface area contributed by atoms with E-state index >= 15 is 0 Å². The van der Waals surface area contributed by atoms with Crippen molar-refractivity contribution < 1.29 is 18.4 Å². The average Bonchev–Trinajstić information content (AvgIpc) is 3.29. The van der Waals surface area contributed by atoms with Crippen molar-refractivity contribution in [2.75, 3.05) is 13.1 Å². The van der Waals surface area contributed by atoms with Gasteiger partial charge in [0.25, 0.3) is 11.8 Å². The second-order valence-electron chi connectivity index (χ2n) is 5.43. The van der Waals surface area contributed by atoms with E-state index in [9.17, 15) is 14.0 Å². The third kappa shape index (κ3) is 4.15. The van der Waals surface area contributed by atoms with Crippen molar-refractivity contribution >= 4 is 23.2 Å². The Morgan fingerprint density at radius 1 is 1.12 bits per heavy atom. The molecular weight excluding hydrogens is 357 g/mol. The van der Waals surface area contributed by atoms with E-state index in [0.717, 1.165) is 5.56 Å². The molecule has 0 saturated heterocycles. The summed E-state index contributed by atoms with van der Waals surface area (Å²) in [6.45, 7) is 2.29. The molecule has 0 radical (unpaired) electrons. The van der Waals surface area contributed by atoms with Gasteiger partial charge < -0.3 is 15.1 Å². The third-order valence-corrected chi connectivity index (χ3v) is 4.74. The largest absolute Gasteiger partial charge is 0.459 e. The zero-order valence-electron chi connectivity index (χ0n) is 13.9. The number of carbonyl (C=O) groups excluding carboxylic acids is 2.